The molecule has 2 rings (SSSR count). The Bertz CT molecular complexity index is 551. The molecule has 0 radical (unpaired) electrons. The van der Waals surface area contributed by atoms with Gasteiger partial charge in [-0.15, -0.1) is 0 Å². The van der Waals surface area contributed by atoms with Crippen LogP contribution in [-0.2, 0) is 22.6 Å². The number of imidazole rings is 1. The Kier molecular flexibility index (Phi) is 4.90. The number of rotatable bonds is 6. The van der Waals surface area contributed by atoms with E-state index in [1.54, 1.807) is 12.5 Å². The van der Waals surface area contributed by atoms with Gasteiger partial charge >= 0.3 is 5.97 Å². The van der Waals surface area contributed by atoms with Gasteiger partial charge in [-0.1, -0.05) is 30.3 Å². The standard InChI is InChI=1S/C15H19N3O2/c1-3-18-11-16-10-13(18)14(15(19)20-2)17-9-12-7-5-4-6-8-12/h4-8,10-11,14,17H,3,9H2,1-2H3. The molecule has 0 aliphatic rings. The van der Waals surface area contributed by atoms with Gasteiger partial charge in [0.15, 0.2) is 0 Å². The lowest BCUT2D eigenvalue weighted by molar-refractivity contribution is -0.143. The van der Waals surface area contributed by atoms with Gasteiger partial charge in [0.25, 0.3) is 0 Å². The molecule has 0 aliphatic carbocycles. The molecule has 0 aliphatic heterocycles. The molecule has 5 nitrogen and oxygen atoms in total. The van der Waals surface area contributed by atoms with Gasteiger partial charge in [-0.25, -0.2) is 9.78 Å². The average Bonchev–Trinajstić information content (AvgIpc) is 2.96. The number of esters is 1. The number of carbonyl (C=O) groups is 1. The van der Waals surface area contributed by atoms with Crippen LogP contribution in [-0.4, -0.2) is 22.6 Å². The fraction of sp³-hybridized carbons (Fsp3) is 0.333. The molecule has 1 N–H and O–H groups in total. The number of nitrogens with zero attached hydrogens (tertiary/aromatic N) is 2. The van der Waals surface area contributed by atoms with Gasteiger partial charge in [0, 0.05) is 13.1 Å². The second kappa shape index (κ2) is 6.86. The van der Waals surface area contributed by atoms with Gasteiger partial charge in [0.1, 0.15) is 6.04 Å². The number of ether oxygens (including phenoxy) is 1. The highest BCUT2D eigenvalue weighted by atomic mass is 16.5. The zero-order chi connectivity index (χ0) is 14.4. The van der Waals surface area contributed by atoms with Gasteiger partial charge in [0.05, 0.1) is 25.3 Å². The van der Waals surface area contributed by atoms with Gasteiger partial charge < -0.3 is 9.30 Å². The topological polar surface area (TPSA) is 56.2 Å². The third-order valence-corrected chi connectivity index (χ3v) is 3.17. The third-order valence-electron chi connectivity index (χ3n) is 3.17. The summed E-state index contributed by atoms with van der Waals surface area (Å²) in [4.78, 5) is 16.1. The summed E-state index contributed by atoms with van der Waals surface area (Å²) in [6.07, 6.45) is 3.42. The van der Waals surface area contributed by atoms with Crippen LogP contribution in [0.4, 0.5) is 0 Å². The molecule has 1 aromatic carbocycles. The second-order valence-corrected chi connectivity index (χ2v) is 4.43. The quantitative estimate of drug-likeness (QED) is 0.817. The van der Waals surface area contributed by atoms with Crippen molar-refractivity contribution in [3.8, 4) is 0 Å². The molecule has 2 aromatic rings. The van der Waals surface area contributed by atoms with E-state index in [-0.39, 0.29) is 5.97 Å². The first-order valence-electron chi connectivity index (χ1n) is 6.61. The first kappa shape index (κ1) is 14.3. The van der Waals surface area contributed by atoms with Crippen LogP contribution in [0.1, 0.15) is 24.2 Å². The molecule has 0 amide bonds. The summed E-state index contributed by atoms with van der Waals surface area (Å²) in [5.74, 6) is -0.309. The summed E-state index contributed by atoms with van der Waals surface area (Å²) in [6.45, 7) is 3.36. The van der Waals surface area contributed by atoms with E-state index in [9.17, 15) is 4.79 Å². The number of aryl methyl sites for hydroxylation is 1. The summed E-state index contributed by atoms with van der Waals surface area (Å²) >= 11 is 0. The van der Waals surface area contributed by atoms with Crippen molar-refractivity contribution >= 4 is 5.97 Å². The molecular weight excluding hydrogens is 254 g/mol. The van der Waals surface area contributed by atoms with Crippen molar-refractivity contribution in [3.63, 3.8) is 0 Å². The highest BCUT2D eigenvalue weighted by molar-refractivity contribution is 5.76. The Labute approximate surface area is 118 Å². The van der Waals surface area contributed by atoms with E-state index >= 15 is 0 Å². The van der Waals surface area contributed by atoms with Gasteiger partial charge in [-0.3, -0.25) is 5.32 Å². The smallest absolute Gasteiger partial charge is 0.329 e. The van der Waals surface area contributed by atoms with Crippen LogP contribution < -0.4 is 5.32 Å². The van der Waals surface area contributed by atoms with E-state index in [2.05, 4.69) is 10.3 Å². The summed E-state index contributed by atoms with van der Waals surface area (Å²) in [5.41, 5.74) is 1.93. The molecule has 106 valence electrons. The Morgan fingerprint density at radius 3 is 2.80 bits per heavy atom. The molecule has 1 atom stereocenters. The van der Waals surface area contributed by atoms with Crippen molar-refractivity contribution < 1.29 is 9.53 Å². The summed E-state index contributed by atoms with van der Waals surface area (Å²) in [5, 5.41) is 3.23. The Hall–Kier alpha value is -2.14. The molecule has 0 fully saturated rings. The van der Waals surface area contributed by atoms with Crippen LogP contribution >= 0.6 is 0 Å². The maximum Gasteiger partial charge on any atom is 0.329 e. The fourth-order valence-corrected chi connectivity index (χ4v) is 2.08. The minimum atomic E-state index is -0.511. The lowest BCUT2D eigenvalue weighted by atomic mass is 10.1. The number of benzene rings is 1. The number of methoxy groups -OCH3 is 1. The Balaban J connectivity index is 2.14. The number of hydrogen-bond acceptors (Lipinski definition) is 4. The zero-order valence-corrected chi connectivity index (χ0v) is 11.7. The SMILES string of the molecule is CCn1cncc1C(NCc1ccccc1)C(=O)OC. The average molecular weight is 273 g/mol. The summed E-state index contributed by atoms with van der Waals surface area (Å²) in [7, 11) is 1.40. The fourth-order valence-electron chi connectivity index (χ4n) is 2.08. The zero-order valence-electron chi connectivity index (χ0n) is 11.7. The molecule has 5 heteroatoms. The van der Waals surface area contributed by atoms with E-state index < -0.39 is 6.04 Å². The van der Waals surface area contributed by atoms with Crippen molar-refractivity contribution in [2.24, 2.45) is 0 Å². The Morgan fingerprint density at radius 2 is 2.15 bits per heavy atom. The minimum Gasteiger partial charge on any atom is -0.468 e. The maximum absolute atomic E-state index is 12.0. The van der Waals surface area contributed by atoms with Crippen molar-refractivity contribution in [2.45, 2.75) is 26.1 Å². The van der Waals surface area contributed by atoms with E-state index in [1.807, 2.05) is 41.8 Å². The first-order valence-corrected chi connectivity index (χ1v) is 6.61. The van der Waals surface area contributed by atoms with E-state index in [0.29, 0.717) is 6.54 Å². The van der Waals surface area contributed by atoms with E-state index in [4.69, 9.17) is 4.74 Å². The van der Waals surface area contributed by atoms with Crippen LogP contribution in [0.3, 0.4) is 0 Å². The number of aromatic nitrogens is 2. The molecule has 0 saturated carbocycles. The van der Waals surface area contributed by atoms with E-state index in [0.717, 1.165) is 17.8 Å². The minimum absolute atomic E-state index is 0.309. The molecule has 20 heavy (non-hydrogen) atoms. The van der Waals surface area contributed by atoms with Crippen LogP contribution in [0, 0.1) is 0 Å². The highest BCUT2D eigenvalue weighted by Crippen LogP contribution is 2.15. The van der Waals surface area contributed by atoms with Gasteiger partial charge in [0.2, 0.25) is 0 Å². The molecule has 1 aromatic heterocycles. The van der Waals surface area contributed by atoms with Crippen LogP contribution in [0.15, 0.2) is 42.9 Å². The predicted octanol–water partition coefficient (Wildman–Crippen LogP) is 1.91. The van der Waals surface area contributed by atoms with Gasteiger partial charge in [-0.05, 0) is 12.5 Å². The lowest BCUT2D eigenvalue weighted by Gasteiger charge is -2.17. The van der Waals surface area contributed by atoms with Crippen molar-refractivity contribution in [3.05, 3.63) is 54.1 Å². The number of carbonyl (C=O) groups excluding carboxylic acids is 1. The Morgan fingerprint density at radius 1 is 1.40 bits per heavy atom. The molecule has 0 spiro atoms. The summed E-state index contributed by atoms with van der Waals surface area (Å²) in [6, 6.07) is 9.42. The largest absolute Gasteiger partial charge is 0.468 e. The first-order chi connectivity index (χ1) is 9.76. The lowest BCUT2D eigenvalue weighted by Crippen LogP contribution is -2.31. The van der Waals surface area contributed by atoms with Crippen molar-refractivity contribution in [2.75, 3.05) is 7.11 Å². The third kappa shape index (κ3) is 3.24. The predicted molar refractivity (Wildman–Crippen MR) is 75.9 cm³/mol. The molecule has 1 heterocycles. The number of nitrogens with one attached hydrogen (secondary N) is 1. The van der Waals surface area contributed by atoms with Crippen LogP contribution in [0.25, 0.3) is 0 Å². The maximum atomic E-state index is 12.0. The molecular formula is C15H19N3O2. The monoisotopic (exact) mass is 273 g/mol. The van der Waals surface area contributed by atoms with E-state index in [1.165, 1.54) is 7.11 Å². The second-order valence-electron chi connectivity index (χ2n) is 4.43. The number of hydrogen-bond donors (Lipinski definition) is 1. The van der Waals surface area contributed by atoms with Gasteiger partial charge in [-0.2, -0.15) is 0 Å². The van der Waals surface area contributed by atoms with Crippen LogP contribution in [0.2, 0.25) is 0 Å². The molecule has 0 saturated heterocycles. The normalized spacial score (nSPS) is 12.1. The highest BCUT2D eigenvalue weighted by Gasteiger charge is 2.24. The molecule has 1 unspecified atom stereocenters. The molecule has 0 bridgehead atoms. The van der Waals surface area contributed by atoms with Crippen molar-refractivity contribution in [1.29, 1.82) is 0 Å². The van der Waals surface area contributed by atoms with Crippen LogP contribution in [0.5, 0.6) is 0 Å². The van der Waals surface area contributed by atoms with Crippen molar-refractivity contribution in [1.82, 2.24) is 14.9 Å². The summed E-state index contributed by atoms with van der Waals surface area (Å²) < 4.78 is 6.81.